The van der Waals surface area contributed by atoms with E-state index in [-0.39, 0.29) is 30.7 Å². The SMILES string of the molecule is Cc1cc(CC(=O)C2(c3ccc4c(c3)OC(F)(F)O4)CC2)nc(-c2cc[nH]c(=O)c2)c1.[HH]. The van der Waals surface area contributed by atoms with Crippen molar-refractivity contribution in [2.75, 3.05) is 0 Å². The lowest BCUT2D eigenvalue weighted by atomic mass is 9.88. The molecule has 2 aliphatic rings. The Bertz CT molecular complexity index is 1270. The van der Waals surface area contributed by atoms with E-state index in [1.165, 1.54) is 18.2 Å². The lowest BCUT2D eigenvalue weighted by Crippen LogP contribution is -2.26. The summed E-state index contributed by atoms with van der Waals surface area (Å²) in [5.74, 6) is -0.139. The van der Waals surface area contributed by atoms with Gasteiger partial charge in [0.2, 0.25) is 5.56 Å². The van der Waals surface area contributed by atoms with Gasteiger partial charge in [0.05, 0.1) is 11.1 Å². The minimum absolute atomic E-state index is 0. The molecule has 0 saturated heterocycles. The van der Waals surface area contributed by atoms with E-state index in [0.717, 1.165) is 5.56 Å². The molecular formula is C23H20F2N2O4. The summed E-state index contributed by atoms with van der Waals surface area (Å²) in [5.41, 5.74) is 2.47. The van der Waals surface area contributed by atoms with Crippen LogP contribution in [0.15, 0.2) is 53.5 Å². The fraction of sp³-hybridized carbons (Fsp3) is 0.261. The van der Waals surface area contributed by atoms with Gasteiger partial charge in [0, 0.05) is 31.4 Å². The maximum absolute atomic E-state index is 13.3. The zero-order chi connectivity index (χ0) is 21.8. The topological polar surface area (TPSA) is 81.3 Å². The number of aryl methyl sites for hydroxylation is 1. The first kappa shape index (κ1) is 19.4. The average Bonchev–Trinajstić information content (AvgIpc) is 3.45. The van der Waals surface area contributed by atoms with Crippen molar-refractivity contribution in [1.29, 1.82) is 0 Å². The molecule has 0 spiro atoms. The van der Waals surface area contributed by atoms with E-state index in [2.05, 4.69) is 19.4 Å². The van der Waals surface area contributed by atoms with E-state index >= 15 is 0 Å². The number of aromatic amines is 1. The lowest BCUT2D eigenvalue weighted by Gasteiger charge is -2.15. The molecule has 1 aliphatic heterocycles. The quantitative estimate of drug-likeness (QED) is 0.663. The van der Waals surface area contributed by atoms with E-state index in [1.807, 2.05) is 19.1 Å². The molecule has 1 fully saturated rings. The third kappa shape index (κ3) is 3.58. The Morgan fingerprint density at radius 1 is 1.13 bits per heavy atom. The minimum Gasteiger partial charge on any atom is -0.395 e. The maximum atomic E-state index is 13.3. The number of nitrogens with one attached hydrogen (secondary N) is 1. The summed E-state index contributed by atoms with van der Waals surface area (Å²) in [5, 5.41) is 0. The van der Waals surface area contributed by atoms with Crippen LogP contribution in [0.5, 0.6) is 11.5 Å². The van der Waals surface area contributed by atoms with Gasteiger partial charge in [-0.25, -0.2) is 0 Å². The van der Waals surface area contributed by atoms with Crippen LogP contribution >= 0.6 is 0 Å². The van der Waals surface area contributed by atoms with Crippen LogP contribution in [0, 0.1) is 6.92 Å². The monoisotopic (exact) mass is 426 g/mol. The number of Topliss-reactive ketones (excluding diaryl/α,β-unsaturated/α-hetero) is 1. The number of nitrogens with zero attached hydrogens (tertiary/aromatic N) is 1. The van der Waals surface area contributed by atoms with Crippen LogP contribution in [0.4, 0.5) is 8.78 Å². The maximum Gasteiger partial charge on any atom is 0.586 e. The molecule has 0 bridgehead atoms. The number of fused-ring (bicyclic) bond motifs is 1. The number of ketones is 1. The number of hydrogen-bond donors (Lipinski definition) is 1. The first-order valence-electron chi connectivity index (χ1n) is 9.84. The molecule has 3 aromatic rings. The van der Waals surface area contributed by atoms with E-state index in [1.54, 1.807) is 18.3 Å². The molecule has 1 aliphatic carbocycles. The number of ether oxygens (including phenoxy) is 2. The second-order valence-corrected chi connectivity index (χ2v) is 7.97. The summed E-state index contributed by atoms with van der Waals surface area (Å²) in [6.45, 7) is 1.90. The number of alkyl halides is 2. The molecule has 8 heteroatoms. The molecule has 0 amide bonds. The zero-order valence-corrected chi connectivity index (χ0v) is 16.6. The largest absolute Gasteiger partial charge is 0.586 e. The number of carbonyl (C=O) groups is 1. The molecule has 31 heavy (non-hydrogen) atoms. The Morgan fingerprint density at radius 2 is 1.90 bits per heavy atom. The molecule has 1 saturated carbocycles. The van der Waals surface area contributed by atoms with Crippen molar-refractivity contribution in [3.63, 3.8) is 0 Å². The molecule has 3 heterocycles. The smallest absolute Gasteiger partial charge is 0.395 e. The molecule has 0 atom stereocenters. The summed E-state index contributed by atoms with van der Waals surface area (Å²) < 4.78 is 35.6. The molecule has 2 aromatic heterocycles. The highest BCUT2D eigenvalue weighted by Crippen LogP contribution is 2.52. The van der Waals surface area contributed by atoms with Crippen LogP contribution in [0.2, 0.25) is 0 Å². The van der Waals surface area contributed by atoms with E-state index in [9.17, 15) is 18.4 Å². The second-order valence-electron chi connectivity index (χ2n) is 7.97. The predicted octanol–water partition coefficient (Wildman–Crippen LogP) is 4.16. The van der Waals surface area contributed by atoms with Crippen LogP contribution in [-0.4, -0.2) is 22.0 Å². The zero-order valence-electron chi connectivity index (χ0n) is 16.6. The summed E-state index contributed by atoms with van der Waals surface area (Å²) in [6, 6.07) is 11.4. The number of aromatic nitrogens is 2. The summed E-state index contributed by atoms with van der Waals surface area (Å²) in [6.07, 6.45) is -0.775. The highest BCUT2D eigenvalue weighted by molar-refractivity contribution is 5.94. The normalized spacial score (nSPS) is 17.4. The van der Waals surface area contributed by atoms with Gasteiger partial charge in [0.15, 0.2) is 11.5 Å². The van der Waals surface area contributed by atoms with Gasteiger partial charge in [-0.1, -0.05) is 6.07 Å². The van der Waals surface area contributed by atoms with E-state index in [4.69, 9.17) is 0 Å². The van der Waals surface area contributed by atoms with Gasteiger partial charge in [-0.05, 0) is 61.2 Å². The molecular weight excluding hydrogens is 406 g/mol. The molecule has 6 nitrogen and oxygen atoms in total. The highest BCUT2D eigenvalue weighted by atomic mass is 19.3. The van der Waals surface area contributed by atoms with Crippen LogP contribution in [0.3, 0.4) is 0 Å². The Morgan fingerprint density at radius 3 is 2.65 bits per heavy atom. The number of halogens is 2. The van der Waals surface area contributed by atoms with E-state index < -0.39 is 11.7 Å². The molecule has 0 unspecified atom stereocenters. The third-order valence-electron chi connectivity index (χ3n) is 5.67. The van der Waals surface area contributed by atoms with Gasteiger partial charge < -0.3 is 14.5 Å². The molecule has 0 radical (unpaired) electrons. The van der Waals surface area contributed by atoms with Gasteiger partial charge in [0.1, 0.15) is 5.78 Å². The number of rotatable bonds is 5. The van der Waals surface area contributed by atoms with Gasteiger partial charge in [0.25, 0.3) is 0 Å². The Labute approximate surface area is 177 Å². The van der Waals surface area contributed by atoms with Crippen molar-refractivity contribution >= 4 is 5.78 Å². The van der Waals surface area contributed by atoms with Crippen LogP contribution in [0.1, 0.15) is 31.1 Å². The predicted molar refractivity (Wildman–Crippen MR) is 109 cm³/mol. The van der Waals surface area contributed by atoms with Crippen molar-refractivity contribution < 1.29 is 24.5 Å². The van der Waals surface area contributed by atoms with E-state index in [0.29, 0.717) is 35.4 Å². The number of benzene rings is 1. The first-order chi connectivity index (χ1) is 14.7. The average molecular weight is 426 g/mol. The number of carbonyl (C=O) groups excluding carboxylic acids is 1. The fourth-order valence-corrected chi connectivity index (χ4v) is 4.02. The van der Waals surface area contributed by atoms with Crippen LogP contribution in [0.25, 0.3) is 11.3 Å². The molecule has 5 rings (SSSR count). The third-order valence-corrected chi connectivity index (χ3v) is 5.67. The number of pyridine rings is 2. The summed E-state index contributed by atoms with van der Waals surface area (Å²) in [4.78, 5) is 32.0. The van der Waals surface area contributed by atoms with Crippen molar-refractivity contribution in [2.45, 2.75) is 37.9 Å². The molecule has 1 aromatic carbocycles. The van der Waals surface area contributed by atoms with Crippen LogP contribution in [-0.2, 0) is 16.6 Å². The second kappa shape index (κ2) is 6.73. The molecule has 160 valence electrons. The van der Waals surface area contributed by atoms with Crippen molar-refractivity contribution in [1.82, 2.24) is 9.97 Å². The number of hydrogen-bond acceptors (Lipinski definition) is 5. The lowest BCUT2D eigenvalue weighted by molar-refractivity contribution is -0.286. The van der Waals surface area contributed by atoms with Crippen molar-refractivity contribution in [2.24, 2.45) is 0 Å². The Kier molecular flexibility index (Phi) is 4.22. The molecule has 1 N–H and O–H groups in total. The first-order valence-corrected chi connectivity index (χ1v) is 9.84. The minimum atomic E-state index is -3.69. The van der Waals surface area contributed by atoms with Gasteiger partial charge >= 0.3 is 6.29 Å². The highest BCUT2D eigenvalue weighted by Gasteiger charge is 2.52. The fourth-order valence-electron chi connectivity index (χ4n) is 4.02. The van der Waals surface area contributed by atoms with Crippen molar-refractivity contribution in [3.8, 4) is 22.8 Å². The number of H-pyrrole nitrogens is 1. The van der Waals surface area contributed by atoms with Gasteiger partial charge in [-0.3, -0.25) is 14.6 Å². The Balaban J connectivity index is 0.00000245. The van der Waals surface area contributed by atoms with Gasteiger partial charge in [-0.2, -0.15) is 0 Å². The summed E-state index contributed by atoms with van der Waals surface area (Å²) in [7, 11) is 0. The summed E-state index contributed by atoms with van der Waals surface area (Å²) >= 11 is 0. The van der Waals surface area contributed by atoms with Gasteiger partial charge in [-0.15, -0.1) is 8.78 Å². The Hall–Kier alpha value is -3.55. The standard InChI is InChI=1S/C23H18F2N2O4.H2/c1-13-8-16(27-17(9-13)14-4-7-26-21(29)10-14)12-20(28)22(5-6-22)15-2-3-18-19(11-15)31-23(24,25)30-18;/h2-4,7-11H,5-6,12H2,1H3,(H,26,29);1H. The van der Waals surface area contributed by atoms with Crippen molar-refractivity contribution in [3.05, 3.63) is 75.8 Å². The van der Waals surface area contributed by atoms with Crippen LogP contribution < -0.4 is 15.0 Å².